The maximum Gasteiger partial charge on any atom is 0.336 e. The number of carboxylic acids is 1. The molecule has 0 saturated heterocycles. The Bertz CT molecular complexity index is 666. The van der Waals surface area contributed by atoms with E-state index in [-0.39, 0.29) is 22.3 Å². The van der Waals surface area contributed by atoms with E-state index in [1.165, 1.54) is 6.92 Å². The summed E-state index contributed by atoms with van der Waals surface area (Å²) in [5.74, 6) is -3.68. The lowest BCUT2D eigenvalue weighted by Gasteiger charge is -2.09. The molecular formula is C14H9F3O2. The van der Waals surface area contributed by atoms with Crippen LogP contribution in [0.4, 0.5) is 13.2 Å². The summed E-state index contributed by atoms with van der Waals surface area (Å²) in [4.78, 5) is 11.1. The minimum Gasteiger partial charge on any atom is -0.478 e. The van der Waals surface area contributed by atoms with E-state index in [4.69, 9.17) is 5.11 Å². The number of carbonyl (C=O) groups is 1. The zero-order valence-corrected chi connectivity index (χ0v) is 9.88. The minimum absolute atomic E-state index is 0.117. The van der Waals surface area contributed by atoms with Crippen LogP contribution in [0, 0.1) is 24.4 Å². The largest absolute Gasteiger partial charge is 0.478 e. The molecule has 5 heteroatoms. The van der Waals surface area contributed by atoms with Crippen LogP contribution in [-0.2, 0) is 0 Å². The van der Waals surface area contributed by atoms with E-state index in [0.717, 1.165) is 24.3 Å². The lowest BCUT2D eigenvalue weighted by molar-refractivity contribution is 0.0697. The van der Waals surface area contributed by atoms with Crippen molar-refractivity contribution in [1.29, 1.82) is 0 Å². The Balaban J connectivity index is 2.74. The highest BCUT2D eigenvalue weighted by Crippen LogP contribution is 2.29. The monoisotopic (exact) mass is 266 g/mol. The van der Waals surface area contributed by atoms with Gasteiger partial charge >= 0.3 is 5.97 Å². The van der Waals surface area contributed by atoms with Crippen LogP contribution in [0.5, 0.6) is 0 Å². The molecule has 1 N–H and O–H groups in total. The molecule has 2 aromatic carbocycles. The van der Waals surface area contributed by atoms with Crippen molar-refractivity contribution in [2.24, 2.45) is 0 Å². The van der Waals surface area contributed by atoms with Crippen LogP contribution >= 0.6 is 0 Å². The molecule has 0 spiro atoms. The number of hydrogen-bond donors (Lipinski definition) is 1. The molecule has 19 heavy (non-hydrogen) atoms. The van der Waals surface area contributed by atoms with E-state index in [1.54, 1.807) is 0 Å². The predicted octanol–water partition coefficient (Wildman–Crippen LogP) is 3.78. The summed E-state index contributed by atoms with van der Waals surface area (Å²) >= 11 is 0. The molecule has 2 aromatic rings. The standard InChI is InChI=1S/C14H9F3O2/c1-7-4-11(13(17)6-12(7)16)10-5-8(15)2-3-9(10)14(18)19/h2-6H,1H3,(H,18,19). The number of rotatable bonds is 2. The summed E-state index contributed by atoms with van der Waals surface area (Å²) in [6.07, 6.45) is 0. The number of halogens is 3. The zero-order chi connectivity index (χ0) is 14.2. The molecule has 0 radical (unpaired) electrons. The molecule has 0 heterocycles. The molecule has 0 aliphatic heterocycles. The van der Waals surface area contributed by atoms with Gasteiger partial charge in [0.2, 0.25) is 0 Å². The summed E-state index contributed by atoms with van der Waals surface area (Å²) in [6, 6.07) is 4.75. The summed E-state index contributed by atoms with van der Waals surface area (Å²) < 4.78 is 40.1. The first-order chi connectivity index (χ1) is 8.90. The van der Waals surface area contributed by atoms with Gasteiger partial charge in [-0.15, -0.1) is 0 Å². The van der Waals surface area contributed by atoms with Crippen molar-refractivity contribution in [3.8, 4) is 11.1 Å². The second-order valence-electron chi connectivity index (χ2n) is 4.08. The summed E-state index contributed by atoms with van der Waals surface area (Å²) in [7, 11) is 0. The average Bonchev–Trinajstić information content (AvgIpc) is 2.33. The molecular weight excluding hydrogens is 257 g/mol. The van der Waals surface area contributed by atoms with E-state index in [1.807, 2.05) is 0 Å². The van der Waals surface area contributed by atoms with Crippen LogP contribution < -0.4 is 0 Å². The number of benzene rings is 2. The molecule has 0 unspecified atom stereocenters. The fraction of sp³-hybridized carbons (Fsp3) is 0.0714. The number of carboxylic acid groups (broad SMARTS) is 1. The van der Waals surface area contributed by atoms with Crippen LogP contribution in [0.3, 0.4) is 0 Å². The topological polar surface area (TPSA) is 37.3 Å². The van der Waals surface area contributed by atoms with Gasteiger partial charge in [0.1, 0.15) is 17.5 Å². The smallest absolute Gasteiger partial charge is 0.336 e. The second-order valence-corrected chi connectivity index (χ2v) is 4.08. The maximum absolute atomic E-state index is 13.7. The van der Waals surface area contributed by atoms with Crippen molar-refractivity contribution in [1.82, 2.24) is 0 Å². The van der Waals surface area contributed by atoms with Crippen LogP contribution in [-0.4, -0.2) is 11.1 Å². The van der Waals surface area contributed by atoms with E-state index >= 15 is 0 Å². The Kier molecular flexibility index (Phi) is 3.29. The van der Waals surface area contributed by atoms with Crippen molar-refractivity contribution in [3.05, 3.63) is 58.9 Å². The Morgan fingerprint density at radius 2 is 1.68 bits per heavy atom. The summed E-state index contributed by atoms with van der Waals surface area (Å²) in [5, 5.41) is 9.01. The van der Waals surface area contributed by atoms with Gasteiger partial charge in [0, 0.05) is 17.2 Å². The lowest BCUT2D eigenvalue weighted by Crippen LogP contribution is -2.02. The summed E-state index contributed by atoms with van der Waals surface area (Å²) in [5.41, 5.74) is -0.354. The molecule has 0 aromatic heterocycles. The Hall–Kier alpha value is -2.30. The van der Waals surface area contributed by atoms with Crippen molar-refractivity contribution in [3.63, 3.8) is 0 Å². The second kappa shape index (κ2) is 4.76. The van der Waals surface area contributed by atoms with Gasteiger partial charge in [-0.25, -0.2) is 18.0 Å². The fourth-order valence-corrected chi connectivity index (χ4v) is 1.79. The molecule has 0 aliphatic carbocycles. The van der Waals surface area contributed by atoms with E-state index in [2.05, 4.69) is 0 Å². The van der Waals surface area contributed by atoms with E-state index in [0.29, 0.717) is 6.07 Å². The van der Waals surface area contributed by atoms with Crippen LogP contribution in [0.2, 0.25) is 0 Å². The molecule has 0 aliphatic rings. The van der Waals surface area contributed by atoms with Crippen LogP contribution in [0.15, 0.2) is 30.3 Å². The molecule has 0 fully saturated rings. The van der Waals surface area contributed by atoms with Gasteiger partial charge < -0.3 is 5.11 Å². The van der Waals surface area contributed by atoms with E-state index in [9.17, 15) is 18.0 Å². The third kappa shape index (κ3) is 2.45. The van der Waals surface area contributed by atoms with Crippen LogP contribution in [0.1, 0.15) is 15.9 Å². The van der Waals surface area contributed by atoms with Gasteiger partial charge in [-0.1, -0.05) is 0 Å². The minimum atomic E-state index is -1.31. The van der Waals surface area contributed by atoms with Crippen molar-refractivity contribution < 1.29 is 23.1 Å². The first kappa shape index (κ1) is 13.1. The Labute approximate surface area is 107 Å². The molecule has 2 rings (SSSR count). The molecule has 98 valence electrons. The van der Waals surface area contributed by atoms with Gasteiger partial charge in [-0.2, -0.15) is 0 Å². The van der Waals surface area contributed by atoms with Crippen molar-refractivity contribution in [2.75, 3.05) is 0 Å². The third-order valence-electron chi connectivity index (χ3n) is 2.75. The Morgan fingerprint density at radius 3 is 2.32 bits per heavy atom. The molecule has 0 atom stereocenters. The normalized spacial score (nSPS) is 10.5. The van der Waals surface area contributed by atoms with Gasteiger partial charge in [-0.3, -0.25) is 0 Å². The highest BCUT2D eigenvalue weighted by atomic mass is 19.1. The summed E-state index contributed by atoms with van der Waals surface area (Å²) in [6.45, 7) is 1.41. The predicted molar refractivity (Wildman–Crippen MR) is 63.4 cm³/mol. The first-order valence-electron chi connectivity index (χ1n) is 5.39. The van der Waals surface area contributed by atoms with E-state index < -0.39 is 23.4 Å². The lowest BCUT2D eigenvalue weighted by atomic mass is 9.97. The molecule has 0 bridgehead atoms. The van der Waals surface area contributed by atoms with Crippen LogP contribution in [0.25, 0.3) is 11.1 Å². The Morgan fingerprint density at radius 1 is 1.00 bits per heavy atom. The van der Waals surface area contributed by atoms with Gasteiger partial charge in [0.05, 0.1) is 5.56 Å². The quantitative estimate of drug-likeness (QED) is 0.898. The van der Waals surface area contributed by atoms with Crippen molar-refractivity contribution in [2.45, 2.75) is 6.92 Å². The first-order valence-corrected chi connectivity index (χ1v) is 5.39. The van der Waals surface area contributed by atoms with Gasteiger partial charge in [0.15, 0.2) is 0 Å². The van der Waals surface area contributed by atoms with Crippen molar-refractivity contribution >= 4 is 5.97 Å². The molecule has 2 nitrogen and oxygen atoms in total. The number of aromatic carboxylic acids is 1. The average molecular weight is 266 g/mol. The zero-order valence-electron chi connectivity index (χ0n) is 9.88. The highest BCUT2D eigenvalue weighted by molar-refractivity contribution is 5.96. The SMILES string of the molecule is Cc1cc(-c2cc(F)ccc2C(=O)O)c(F)cc1F. The molecule has 0 saturated carbocycles. The van der Waals surface area contributed by atoms with Gasteiger partial charge in [-0.05, 0) is 36.8 Å². The fourth-order valence-electron chi connectivity index (χ4n) is 1.79. The maximum atomic E-state index is 13.7. The molecule has 0 amide bonds. The van der Waals surface area contributed by atoms with Gasteiger partial charge in [0.25, 0.3) is 0 Å². The third-order valence-corrected chi connectivity index (χ3v) is 2.75. The number of aryl methyl sites for hydroxylation is 1. The number of hydrogen-bond acceptors (Lipinski definition) is 1. The highest BCUT2D eigenvalue weighted by Gasteiger charge is 2.17.